The van der Waals surface area contributed by atoms with Gasteiger partial charge in [0.25, 0.3) is 12.0 Å². The molecule has 4 rings (SSSR count). The largest absolute Gasteiger partial charge is 0.384 e. The van der Waals surface area contributed by atoms with Gasteiger partial charge < -0.3 is 16.4 Å². The highest BCUT2D eigenvalue weighted by Gasteiger charge is 2.32. The van der Waals surface area contributed by atoms with Crippen molar-refractivity contribution in [3.63, 3.8) is 0 Å². The third kappa shape index (κ3) is 4.86. The van der Waals surface area contributed by atoms with Gasteiger partial charge in [-0.1, -0.05) is 35.9 Å². The van der Waals surface area contributed by atoms with Crippen molar-refractivity contribution in [2.75, 3.05) is 11.1 Å². The number of pyridine rings is 1. The lowest BCUT2D eigenvalue weighted by atomic mass is 10.1. The Morgan fingerprint density at radius 2 is 2.06 bits per heavy atom. The van der Waals surface area contributed by atoms with E-state index in [1.165, 1.54) is 22.8 Å². The van der Waals surface area contributed by atoms with Gasteiger partial charge in [-0.25, -0.2) is 18.7 Å². The quantitative estimate of drug-likeness (QED) is 0.468. The summed E-state index contributed by atoms with van der Waals surface area (Å²) in [7, 11) is 0. The molecule has 0 unspecified atom stereocenters. The molecule has 0 spiro atoms. The molecule has 0 radical (unpaired) electrons. The number of halogens is 3. The summed E-state index contributed by atoms with van der Waals surface area (Å²) in [5, 5.41) is 5.84. The number of hydrogen-bond acceptors (Lipinski definition) is 6. The number of aromatic nitrogens is 3. The number of rotatable bonds is 7. The SMILES string of the molecule is Cc1nc(N)ccc1CNC(=O)[C@@H]1CCc2c(Cl)nc(NCc3cccc(C(F)F)c3)c(=O)n21. The molecule has 1 aromatic carbocycles. The maximum atomic E-state index is 13.1. The Morgan fingerprint density at radius 1 is 1.26 bits per heavy atom. The first-order chi connectivity index (χ1) is 16.2. The minimum Gasteiger partial charge on any atom is -0.384 e. The zero-order chi connectivity index (χ0) is 24.4. The van der Waals surface area contributed by atoms with Crippen LogP contribution >= 0.6 is 11.6 Å². The Kier molecular flexibility index (Phi) is 6.78. The van der Waals surface area contributed by atoms with E-state index in [1.807, 2.05) is 0 Å². The molecule has 3 aromatic rings. The van der Waals surface area contributed by atoms with Crippen LogP contribution in [0.5, 0.6) is 0 Å². The third-order valence-corrected chi connectivity index (χ3v) is 6.06. The fraction of sp³-hybridized carbons (Fsp3) is 0.304. The molecular formula is C23H23ClF2N6O2. The second-order valence-electron chi connectivity index (χ2n) is 8.03. The lowest BCUT2D eigenvalue weighted by Crippen LogP contribution is -2.36. The van der Waals surface area contributed by atoms with Crippen LogP contribution < -0.4 is 21.9 Å². The highest BCUT2D eigenvalue weighted by molar-refractivity contribution is 6.30. The van der Waals surface area contributed by atoms with Crippen LogP contribution in [-0.4, -0.2) is 20.4 Å². The summed E-state index contributed by atoms with van der Waals surface area (Å²) in [5.41, 5.74) is 7.63. The molecule has 4 N–H and O–H groups in total. The van der Waals surface area contributed by atoms with E-state index >= 15 is 0 Å². The molecule has 3 heterocycles. The minimum absolute atomic E-state index is 0.0468. The van der Waals surface area contributed by atoms with Crippen LogP contribution in [0.4, 0.5) is 20.4 Å². The Hall–Kier alpha value is -3.53. The normalized spacial score (nSPS) is 14.8. The Balaban J connectivity index is 1.52. The number of nitrogens with zero attached hydrogens (tertiary/aromatic N) is 3. The minimum atomic E-state index is -2.59. The molecule has 1 atom stereocenters. The highest BCUT2D eigenvalue weighted by atomic mass is 35.5. The van der Waals surface area contributed by atoms with Crippen molar-refractivity contribution in [2.24, 2.45) is 0 Å². The van der Waals surface area contributed by atoms with E-state index < -0.39 is 18.0 Å². The van der Waals surface area contributed by atoms with E-state index in [0.29, 0.717) is 35.6 Å². The molecule has 0 saturated heterocycles. The van der Waals surface area contributed by atoms with Gasteiger partial charge in [0.15, 0.2) is 11.0 Å². The molecule has 1 aliphatic rings. The summed E-state index contributed by atoms with van der Waals surface area (Å²) < 4.78 is 27.3. The summed E-state index contributed by atoms with van der Waals surface area (Å²) in [4.78, 5) is 34.4. The van der Waals surface area contributed by atoms with E-state index in [0.717, 1.165) is 5.56 Å². The molecule has 1 amide bonds. The van der Waals surface area contributed by atoms with Crippen molar-refractivity contribution < 1.29 is 13.6 Å². The average molecular weight is 489 g/mol. The predicted octanol–water partition coefficient (Wildman–Crippen LogP) is 3.54. The molecule has 0 saturated carbocycles. The molecule has 0 fully saturated rings. The van der Waals surface area contributed by atoms with Gasteiger partial charge in [-0.2, -0.15) is 0 Å². The number of anilines is 2. The molecule has 178 valence electrons. The van der Waals surface area contributed by atoms with E-state index in [4.69, 9.17) is 17.3 Å². The fourth-order valence-corrected chi connectivity index (χ4v) is 4.26. The number of nitrogen functional groups attached to an aromatic ring is 1. The maximum Gasteiger partial charge on any atom is 0.294 e. The Bertz CT molecular complexity index is 1300. The molecule has 34 heavy (non-hydrogen) atoms. The molecule has 0 bridgehead atoms. The van der Waals surface area contributed by atoms with Crippen LogP contribution in [-0.2, 0) is 24.3 Å². The molecule has 11 heteroatoms. The van der Waals surface area contributed by atoms with Crippen molar-refractivity contribution in [3.8, 4) is 0 Å². The summed E-state index contributed by atoms with van der Waals surface area (Å²) in [6.45, 7) is 2.13. The van der Waals surface area contributed by atoms with Gasteiger partial charge in [-0.05, 0) is 43.0 Å². The highest BCUT2D eigenvalue weighted by Crippen LogP contribution is 2.29. The number of hydrogen-bond donors (Lipinski definition) is 3. The van der Waals surface area contributed by atoms with E-state index in [1.54, 1.807) is 25.1 Å². The van der Waals surface area contributed by atoms with Crippen LogP contribution in [0.1, 0.15) is 47.0 Å². The summed E-state index contributed by atoms with van der Waals surface area (Å²) >= 11 is 6.31. The lowest BCUT2D eigenvalue weighted by molar-refractivity contribution is -0.124. The van der Waals surface area contributed by atoms with Gasteiger partial charge in [0.05, 0.1) is 5.69 Å². The number of carbonyl (C=O) groups is 1. The standard InChI is InChI=1S/C23H23ClF2N6O2/c1-12-15(5-8-18(27)30-12)11-29-22(33)17-7-6-16-19(24)31-21(23(34)32(16)17)28-10-13-3-2-4-14(9-13)20(25)26/h2-5,8-9,17,20H,6-7,10-11H2,1H3,(H2,27,30)(H,28,31)(H,29,33)/t17-/m0/s1. The Labute approximate surface area is 199 Å². The number of nitrogens with two attached hydrogens (primary N) is 1. The number of benzene rings is 1. The zero-order valence-electron chi connectivity index (χ0n) is 18.3. The first kappa shape index (κ1) is 23.6. The monoisotopic (exact) mass is 488 g/mol. The van der Waals surface area contributed by atoms with Crippen LogP contribution in [0, 0.1) is 6.92 Å². The lowest BCUT2D eigenvalue weighted by Gasteiger charge is -2.17. The van der Waals surface area contributed by atoms with Gasteiger partial charge in [0, 0.05) is 24.3 Å². The van der Waals surface area contributed by atoms with E-state index in [9.17, 15) is 18.4 Å². The third-order valence-electron chi connectivity index (χ3n) is 5.76. The van der Waals surface area contributed by atoms with E-state index in [-0.39, 0.29) is 35.5 Å². The molecule has 2 aromatic heterocycles. The topological polar surface area (TPSA) is 115 Å². The molecular weight excluding hydrogens is 466 g/mol. The second-order valence-corrected chi connectivity index (χ2v) is 8.38. The van der Waals surface area contributed by atoms with Crippen LogP contribution in [0.2, 0.25) is 5.15 Å². The molecule has 0 aliphatic carbocycles. The number of carbonyl (C=O) groups excluding carboxylic acids is 1. The van der Waals surface area contributed by atoms with E-state index in [2.05, 4.69) is 20.6 Å². The maximum absolute atomic E-state index is 13.1. The van der Waals surface area contributed by atoms with Gasteiger partial charge in [-0.3, -0.25) is 14.2 Å². The number of nitrogens with one attached hydrogen (secondary N) is 2. The van der Waals surface area contributed by atoms with Gasteiger partial charge in [0.2, 0.25) is 5.91 Å². The van der Waals surface area contributed by atoms with Crippen molar-refractivity contribution >= 4 is 29.1 Å². The first-order valence-corrected chi connectivity index (χ1v) is 11.0. The Morgan fingerprint density at radius 3 is 2.79 bits per heavy atom. The van der Waals surface area contributed by atoms with Gasteiger partial charge >= 0.3 is 0 Å². The van der Waals surface area contributed by atoms with Crippen molar-refractivity contribution in [1.82, 2.24) is 19.9 Å². The van der Waals surface area contributed by atoms with Crippen molar-refractivity contribution in [1.29, 1.82) is 0 Å². The smallest absolute Gasteiger partial charge is 0.294 e. The van der Waals surface area contributed by atoms with Crippen LogP contribution in [0.25, 0.3) is 0 Å². The summed E-state index contributed by atoms with van der Waals surface area (Å²) in [6, 6.07) is 8.58. The van der Waals surface area contributed by atoms with Crippen molar-refractivity contribution in [2.45, 2.75) is 45.3 Å². The predicted molar refractivity (Wildman–Crippen MR) is 125 cm³/mol. The number of aryl methyl sites for hydroxylation is 1. The van der Waals surface area contributed by atoms with Gasteiger partial charge in [0.1, 0.15) is 11.9 Å². The van der Waals surface area contributed by atoms with Crippen molar-refractivity contribution in [3.05, 3.63) is 80.0 Å². The number of amides is 1. The van der Waals surface area contributed by atoms with Crippen LogP contribution in [0.3, 0.4) is 0 Å². The molecule has 1 aliphatic heterocycles. The summed E-state index contributed by atoms with van der Waals surface area (Å²) in [5.74, 6) is 0.0244. The average Bonchev–Trinajstić information content (AvgIpc) is 3.26. The fourth-order valence-electron chi connectivity index (χ4n) is 3.99. The summed E-state index contributed by atoms with van der Waals surface area (Å²) in [6.07, 6.45) is -1.76. The molecule has 8 nitrogen and oxygen atoms in total. The number of alkyl halides is 2. The van der Waals surface area contributed by atoms with Crippen LogP contribution in [0.15, 0.2) is 41.2 Å². The first-order valence-electron chi connectivity index (χ1n) is 10.7. The van der Waals surface area contributed by atoms with Gasteiger partial charge in [-0.15, -0.1) is 0 Å². The number of fused-ring (bicyclic) bond motifs is 1. The second kappa shape index (κ2) is 9.76. The zero-order valence-corrected chi connectivity index (χ0v) is 19.1.